The van der Waals surface area contributed by atoms with Crippen LogP contribution < -0.4 is 0 Å². The van der Waals surface area contributed by atoms with Gasteiger partial charge in [0.15, 0.2) is 5.78 Å². The molecular weight excluding hydrogens is 325 g/mol. The van der Waals surface area contributed by atoms with Gasteiger partial charge in [-0.2, -0.15) is 18.3 Å². The molecule has 1 aliphatic carbocycles. The minimum Gasteiger partial charge on any atom is -0.292 e. The molecule has 19 heavy (non-hydrogen) atoms. The van der Waals surface area contributed by atoms with Crippen LogP contribution in [-0.2, 0) is 7.05 Å². The smallest absolute Gasteiger partial charge is 0.292 e. The first-order valence-corrected chi connectivity index (χ1v) is 6.88. The molecule has 1 aliphatic rings. The van der Waals surface area contributed by atoms with E-state index in [9.17, 15) is 18.0 Å². The first kappa shape index (κ1) is 14.6. The Morgan fingerprint density at radius 2 is 2.16 bits per heavy atom. The predicted molar refractivity (Wildman–Crippen MR) is 66.7 cm³/mol. The number of aromatic nitrogens is 2. The van der Waals surface area contributed by atoms with Crippen molar-refractivity contribution in [3.05, 3.63) is 16.4 Å². The third-order valence-electron chi connectivity index (χ3n) is 3.64. The van der Waals surface area contributed by atoms with Gasteiger partial charge in [-0.15, -0.1) is 0 Å². The second kappa shape index (κ2) is 5.26. The van der Waals surface area contributed by atoms with E-state index < -0.39 is 18.0 Å². The highest BCUT2D eigenvalue weighted by atomic mass is 79.9. The number of ketones is 1. The zero-order valence-electron chi connectivity index (χ0n) is 10.4. The Balaban J connectivity index is 2.16. The van der Waals surface area contributed by atoms with Crippen molar-refractivity contribution in [1.82, 2.24) is 9.78 Å². The van der Waals surface area contributed by atoms with Crippen molar-refractivity contribution in [2.45, 2.75) is 31.9 Å². The van der Waals surface area contributed by atoms with E-state index in [2.05, 4.69) is 21.0 Å². The van der Waals surface area contributed by atoms with Crippen molar-refractivity contribution >= 4 is 21.7 Å². The Morgan fingerprint density at radius 3 is 2.68 bits per heavy atom. The molecule has 0 bridgehead atoms. The van der Waals surface area contributed by atoms with E-state index in [1.165, 1.54) is 10.9 Å². The summed E-state index contributed by atoms with van der Waals surface area (Å²) in [5.74, 6) is -2.17. The standard InChI is InChI=1S/C12H14BrF3N2O/c1-18-10(9(13)6-17-18)11(19)7-3-2-4-8(5-7)12(14,15)16/h6-8H,2-5H2,1H3. The van der Waals surface area contributed by atoms with E-state index in [0.717, 1.165) is 0 Å². The maximum atomic E-state index is 12.7. The first-order valence-electron chi connectivity index (χ1n) is 6.09. The second-order valence-corrected chi connectivity index (χ2v) is 5.79. The number of aryl methyl sites for hydroxylation is 1. The van der Waals surface area contributed by atoms with Crippen LogP contribution in [0.25, 0.3) is 0 Å². The summed E-state index contributed by atoms with van der Waals surface area (Å²) in [6.07, 6.45) is -1.75. The molecule has 106 valence electrons. The highest BCUT2D eigenvalue weighted by Crippen LogP contribution is 2.41. The summed E-state index contributed by atoms with van der Waals surface area (Å²) < 4.78 is 40.2. The van der Waals surface area contributed by atoms with Crippen molar-refractivity contribution in [2.75, 3.05) is 0 Å². The van der Waals surface area contributed by atoms with Gasteiger partial charge in [-0.1, -0.05) is 6.42 Å². The van der Waals surface area contributed by atoms with Crippen LogP contribution in [0.3, 0.4) is 0 Å². The van der Waals surface area contributed by atoms with Crippen LogP contribution in [-0.4, -0.2) is 21.7 Å². The maximum absolute atomic E-state index is 12.7. The summed E-state index contributed by atoms with van der Waals surface area (Å²) >= 11 is 3.21. The topological polar surface area (TPSA) is 34.9 Å². The first-order chi connectivity index (χ1) is 8.80. The van der Waals surface area contributed by atoms with Crippen LogP contribution in [0.2, 0.25) is 0 Å². The molecule has 0 amide bonds. The molecule has 0 saturated heterocycles. The Kier molecular flexibility index (Phi) is 4.03. The van der Waals surface area contributed by atoms with Gasteiger partial charge >= 0.3 is 6.18 Å². The van der Waals surface area contributed by atoms with Gasteiger partial charge in [0.2, 0.25) is 0 Å². The largest absolute Gasteiger partial charge is 0.391 e. The van der Waals surface area contributed by atoms with Crippen molar-refractivity contribution in [3.8, 4) is 0 Å². The van der Waals surface area contributed by atoms with Crippen LogP contribution in [0.4, 0.5) is 13.2 Å². The molecular formula is C12H14BrF3N2O. The van der Waals surface area contributed by atoms with Gasteiger partial charge in [-0.25, -0.2) is 0 Å². The summed E-state index contributed by atoms with van der Waals surface area (Å²) in [5.41, 5.74) is 0.354. The summed E-state index contributed by atoms with van der Waals surface area (Å²) in [6.45, 7) is 0. The molecule has 3 nitrogen and oxygen atoms in total. The number of halogens is 4. The molecule has 0 spiro atoms. The minimum atomic E-state index is -4.21. The van der Waals surface area contributed by atoms with Gasteiger partial charge in [0.05, 0.1) is 16.6 Å². The summed E-state index contributed by atoms with van der Waals surface area (Å²) in [6, 6.07) is 0. The molecule has 2 atom stereocenters. The third-order valence-corrected chi connectivity index (χ3v) is 4.22. The van der Waals surface area contributed by atoms with Gasteiger partial charge in [-0.05, 0) is 35.2 Å². The highest BCUT2D eigenvalue weighted by Gasteiger charge is 2.44. The highest BCUT2D eigenvalue weighted by molar-refractivity contribution is 9.10. The third kappa shape index (κ3) is 3.01. The van der Waals surface area contributed by atoms with Gasteiger partial charge < -0.3 is 0 Å². The lowest BCUT2D eigenvalue weighted by molar-refractivity contribution is -0.184. The molecule has 1 saturated carbocycles. The van der Waals surface area contributed by atoms with E-state index in [0.29, 0.717) is 23.0 Å². The van der Waals surface area contributed by atoms with Crippen molar-refractivity contribution in [1.29, 1.82) is 0 Å². The van der Waals surface area contributed by atoms with Crippen LogP contribution in [0.15, 0.2) is 10.7 Å². The van der Waals surface area contributed by atoms with E-state index >= 15 is 0 Å². The average Bonchev–Trinajstić information content (AvgIpc) is 2.67. The Hall–Kier alpha value is -0.850. The van der Waals surface area contributed by atoms with Crippen LogP contribution >= 0.6 is 15.9 Å². The monoisotopic (exact) mass is 338 g/mol. The van der Waals surface area contributed by atoms with Crippen molar-refractivity contribution < 1.29 is 18.0 Å². The molecule has 0 N–H and O–H groups in total. The van der Waals surface area contributed by atoms with Crippen molar-refractivity contribution in [2.24, 2.45) is 18.9 Å². The zero-order valence-corrected chi connectivity index (χ0v) is 12.0. The lowest BCUT2D eigenvalue weighted by Crippen LogP contribution is -2.32. The normalized spacial score (nSPS) is 24.5. The second-order valence-electron chi connectivity index (χ2n) is 4.93. The van der Waals surface area contributed by atoms with Crippen LogP contribution in [0.1, 0.15) is 36.2 Å². The van der Waals surface area contributed by atoms with Gasteiger partial charge in [0.1, 0.15) is 5.69 Å². The zero-order chi connectivity index (χ0) is 14.2. The van der Waals surface area contributed by atoms with Crippen molar-refractivity contribution in [3.63, 3.8) is 0 Å². The SMILES string of the molecule is Cn1ncc(Br)c1C(=O)C1CCCC(C(F)(F)F)C1. The van der Waals surface area contributed by atoms with Gasteiger partial charge in [0.25, 0.3) is 0 Å². The molecule has 0 radical (unpaired) electrons. The molecule has 1 aromatic heterocycles. The molecule has 2 rings (SSSR count). The maximum Gasteiger partial charge on any atom is 0.391 e. The molecule has 2 unspecified atom stereocenters. The minimum absolute atomic E-state index is 0.111. The number of carbonyl (C=O) groups is 1. The number of hydrogen-bond donors (Lipinski definition) is 0. The molecule has 0 aliphatic heterocycles. The number of nitrogens with zero attached hydrogens (tertiary/aromatic N) is 2. The lowest BCUT2D eigenvalue weighted by atomic mass is 9.78. The molecule has 1 fully saturated rings. The fourth-order valence-electron chi connectivity index (χ4n) is 2.61. The molecule has 0 aromatic carbocycles. The number of carbonyl (C=O) groups excluding carboxylic acids is 1. The van der Waals surface area contributed by atoms with E-state index in [1.807, 2.05) is 0 Å². The number of rotatable bonds is 2. The fourth-order valence-corrected chi connectivity index (χ4v) is 3.15. The lowest BCUT2D eigenvalue weighted by Gasteiger charge is -2.29. The van der Waals surface area contributed by atoms with E-state index in [-0.39, 0.29) is 18.6 Å². The predicted octanol–water partition coefficient (Wildman–Crippen LogP) is 3.73. The molecule has 7 heteroatoms. The average molecular weight is 339 g/mol. The van der Waals surface area contributed by atoms with Gasteiger partial charge in [-0.3, -0.25) is 9.48 Å². The van der Waals surface area contributed by atoms with Gasteiger partial charge in [0, 0.05) is 13.0 Å². The summed E-state index contributed by atoms with van der Waals surface area (Å²) in [4.78, 5) is 12.3. The Labute approximate surface area is 117 Å². The molecule has 1 aromatic rings. The number of hydrogen-bond acceptors (Lipinski definition) is 2. The van der Waals surface area contributed by atoms with E-state index in [1.54, 1.807) is 7.05 Å². The number of Topliss-reactive ketones (excluding diaryl/α,β-unsaturated/α-hetero) is 1. The van der Waals surface area contributed by atoms with Crippen LogP contribution in [0.5, 0.6) is 0 Å². The van der Waals surface area contributed by atoms with E-state index in [4.69, 9.17) is 0 Å². The quantitative estimate of drug-likeness (QED) is 0.770. The fraction of sp³-hybridized carbons (Fsp3) is 0.667. The summed E-state index contributed by atoms with van der Waals surface area (Å²) in [7, 11) is 1.61. The summed E-state index contributed by atoms with van der Waals surface area (Å²) in [5, 5.41) is 3.93. The van der Waals surface area contributed by atoms with Crippen LogP contribution in [0, 0.1) is 11.8 Å². The Bertz CT molecular complexity index is 464. The Morgan fingerprint density at radius 1 is 1.47 bits per heavy atom. The number of alkyl halides is 3. The molecule has 1 heterocycles.